The average Bonchev–Trinajstić information content (AvgIpc) is 2.39. The topological polar surface area (TPSA) is 73.6 Å². The van der Waals surface area contributed by atoms with Crippen LogP contribution >= 0.6 is 0 Å². The number of rotatable bonds is 4. The highest BCUT2D eigenvalue weighted by atomic mass is 16.6. The Morgan fingerprint density at radius 2 is 2.11 bits per heavy atom. The van der Waals surface area contributed by atoms with Gasteiger partial charge in [-0.25, -0.2) is 0 Å². The zero-order valence-electron chi connectivity index (χ0n) is 10.2. The van der Waals surface area contributed by atoms with E-state index in [1.807, 2.05) is 0 Å². The smallest absolute Gasteiger partial charge is 0.311 e. The number of methoxy groups -OCH3 is 1. The molecule has 0 bridgehead atoms. The van der Waals surface area contributed by atoms with Gasteiger partial charge in [0, 0.05) is 12.1 Å². The molecule has 1 heterocycles. The molecule has 1 aromatic rings. The van der Waals surface area contributed by atoms with E-state index in [2.05, 4.69) is 5.32 Å². The highest BCUT2D eigenvalue weighted by Crippen LogP contribution is 2.31. The molecule has 0 amide bonds. The molecule has 1 saturated heterocycles. The van der Waals surface area contributed by atoms with E-state index >= 15 is 0 Å². The van der Waals surface area contributed by atoms with Crippen molar-refractivity contribution < 1.29 is 14.4 Å². The molecule has 6 nitrogen and oxygen atoms in total. The van der Waals surface area contributed by atoms with E-state index in [1.54, 1.807) is 12.1 Å². The number of nitrogens with one attached hydrogen (secondary N) is 1. The Bertz CT molecular complexity index is 430. The van der Waals surface area contributed by atoms with Crippen molar-refractivity contribution >= 4 is 5.69 Å². The highest BCUT2D eigenvalue weighted by molar-refractivity contribution is 5.50. The van der Waals surface area contributed by atoms with E-state index < -0.39 is 4.92 Å². The summed E-state index contributed by atoms with van der Waals surface area (Å²) in [5.41, 5.74) is -0.0461. The maximum absolute atomic E-state index is 10.8. The molecule has 0 unspecified atom stereocenters. The van der Waals surface area contributed by atoms with Gasteiger partial charge in [0.15, 0.2) is 0 Å². The number of ether oxygens (including phenoxy) is 2. The second-order valence-electron chi connectivity index (χ2n) is 4.16. The van der Waals surface area contributed by atoms with E-state index in [0.29, 0.717) is 5.75 Å². The molecule has 0 aliphatic carbocycles. The van der Waals surface area contributed by atoms with Gasteiger partial charge in [-0.1, -0.05) is 0 Å². The summed E-state index contributed by atoms with van der Waals surface area (Å²) in [7, 11) is 1.41. The van der Waals surface area contributed by atoms with Crippen LogP contribution in [0.15, 0.2) is 18.2 Å². The summed E-state index contributed by atoms with van der Waals surface area (Å²) >= 11 is 0. The molecule has 18 heavy (non-hydrogen) atoms. The third-order valence-electron chi connectivity index (χ3n) is 2.94. The number of piperidine rings is 1. The van der Waals surface area contributed by atoms with E-state index in [4.69, 9.17) is 9.47 Å². The van der Waals surface area contributed by atoms with Gasteiger partial charge in [0.1, 0.15) is 11.9 Å². The van der Waals surface area contributed by atoms with Crippen LogP contribution in [0, 0.1) is 10.1 Å². The zero-order chi connectivity index (χ0) is 13.0. The summed E-state index contributed by atoms with van der Waals surface area (Å²) in [6, 6.07) is 4.60. The van der Waals surface area contributed by atoms with E-state index in [0.717, 1.165) is 25.9 Å². The van der Waals surface area contributed by atoms with Gasteiger partial charge in [-0.2, -0.15) is 0 Å². The number of hydrogen-bond donors (Lipinski definition) is 1. The summed E-state index contributed by atoms with van der Waals surface area (Å²) in [4.78, 5) is 10.3. The largest absolute Gasteiger partial charge is 0.490 e. The van der Waals surface area contributed by atoms with Crippen LogP contribution in [0.3, 0.4) is 0 Å². The minimum absolute atomic E-state index is 0.0461. The fourth-order valence-corrected chi connectivity index (χ4v) is 1.99. The summed E-state index contributed by atoms with van der Waals surface area (Å²) in [6.45, 7) is 1.88. The predicted octanol–water partition coefficient (Wildman–Crippen LogP) is 1.73. The second-order valence-corrected chi connectivity index (χ2v) is 4.16. The number of hydrogen-bond acceptors (Lipinski definition) is 5. The minimum atomic E-state index is -0.465. The number of nitro benzene ring substituents is 1. The average molecular weight is 252 g/mol. The molecule has 0 atom stereocenters. The first-order valence-electron chi connectivity index (χ1n) is 5.90. The van der Waals surface area contributed by atoms with Crippen molar-refractivity contribution in [3.8, 4) is 11.5 Å². The Balaban J connectivity index is 2.11. The monoisotopic (exact) mass is 252 g/mol. The Hall–Kier alpha value is -1.82. The summed E-state index contributed by atoms with van der Waals surface area (Å²) in [5.74, 6) is 0.843. The van der Waals surface area contributed by atoms with Crippen molar-refractivity contribution in [2.24, 2.45) is 0 Å². The molecule has 1 aromatic carbocycles. The molecular formula is C12H16N2O4. The van der Waals surface area contributed by atoms with Crippen molar-refractivity contribution in [2.75, 3.05) is 20.2 Å². The Labute approximate surface area is 105 Å². The molecule has 98 valence electrons. The first kappa shape index (κ1) is 12.6. The fraction of sp³-hybridized carbons (Fsp3) is 0.500. The van der Waals surface area contributed by atoms with Crippen LogP contribution < -0.4 is 14.8 Å². The van der Waals surface area contributed by atoms with E-state index in [9.17, 15) is 10.1 Å². The van der Waals surface area contributed by atoms with Gasteiger partial charge in [0.25, 0.3) is 0 Å². The Morgan fingerprint density at radius 3 is 2.72 bits per heavy atom. The van der Waals surface area contributed by atoms with Gasteiger partial charge >= 0.3 is 5.69 Å². The van der Waals surface area contributed by atoms with Gasteiger partial charge in [-0.3, -0.25) is 10.1 Å². The standard InChI is InChI=1S/C12H16N2O4/c1-17-12-8-10(2-3-11(12)14(15)16)18-9-4-6-13-7-5-9/h2-3,8-9,13H,4-7H2,1H3. The third kappa shape index (κ3) is 2.89. The van der Waals surface area contributed by atoms with Gasteiger partial charge in [-0.05, 0) is 32.0 Å². The van der Waals surface area contributed by atoms with Crippen LogP contribution in [0.5, 0.6) is 11.5 Å². The van der Waals surface area contributed by atoms with Crippen LogP contribution in [0.4, 0.5) is 5.69 Å². The lowest BCUT2D eigenvalue weighted by Gasteiger charge is -2.23. The van der Waals surface area contributed by atoms with Crippen molar-refractivity contribution in [3.63, 3.8) is 0 Å². The molecule has 0 saturated carbocycles. The zero-order valence-corrected chi connectivity index (χ0v) is 10.2. The molecule has 0 aromatic heterocycles. The predicted molar refractivity (Wildman–Crippen MR) is 66.2 cm³/mol. The summed E-state index contributed by atoms with van der Waals surface area (Å²) < 4.78 is 10.8. The van der Waals surface area contributed by atoms with E-state index in [-0.39, 0.29) is 17.5 Å². The van der Waals surface area contributed by atoms with Gasteiger partial charge in [-0.15, -0.1) is 0 Å². The quantitative estimate of drug-likeness (QED) is 0.652. The molecule has 6 heteroatoms. The van der Waals surface area contributed by atoms with Crippen LogP contribution in [-0.4, -0.2) is 31.2 Å². The number of nitro groups is 1. The van der Waals surface area contributed by atoms with Crippen LogP contribution in [0.1, 0.15) is 12.8 Å². The Kier molecular flexibility index (Phi) is 3.99. The van der Waals surface area contributed by atoms with Gasteiger partial charge in [0.2, 0.25) is 5.75 Å². The molecule has 0 spiro atoms. The van der Waals surface area contributed by atoms with Crippen molar-refractivity contribution in [2.45, 2.75) is 18.9 Å². The molecule has 1 fully saturated rings. The fourth-order valence-electron chi connectivity index (χ4n) is 1.99. The number of nitrogens with zero attached hydrogens (tertiary/aromatic N) is 1. The molecular weight excluding hydrogens is 236 g/mol. The molecule has 1 aliphatic heterocycles. The molecule has 1 aliphatic rings. The van der Waals surface area contributed by atoms with Gasteiger partial charge in [0.05, 0.1) is 12.0 Å². The SMILES string of the molecule is COc1cc(OC2CCNCC2)ccc1[N+](=O)[O-]. The first-order valence-corrected chi connectivity index (χ1v) is 5.90. The van der Waals surface area contributed by atoms with E-state index in [1.165, 1.54) is 13.2 Å². The lowest BCUT2D eigenvalue weighted by Crippen LogP contribution is -2.34. The molecule has 0 radical (unpaired) electrons. The maximum atomic E-state index is 10.8. The normalized spacial score (nSPS) is 16.3. The van der Waals surface area contributed by atoms with Crippen LogP contribution in [0.2, 0.25) is 0 Å². The molecule has 2 rings (SSSR count). The maximum Gasteiger partial charge on any atom is 0.311 e. The third-order valence-corrected chi connectivity index (χ3v) is 2.94. The van der Waals surface area contributed by atoms with Crippen molar-refractivity contribution in [1.82, 2.24) is 5.32 Å². The highest BCUT2D eigenvalue weighted by Gasteiger charge is 2.18. The summed E-state index contributed by atoms with van der Waals surface area (Å²) in [5, 5.41) is 14.0. The van der Waals surface area contributed by atoms with Crippen LogP contribution in [-0.2, 0) is 0 Å². The van der Waals surface area contributed by atoms with Gasteiger partial charge < -0.3 is 14.8 Å². The van der Waals surface area contributed by atoms with Crippen molar-refractivity contribution in [3.05, 3.63) is 28.3 Å². The Morgan fingerprint density at radius 1 is 1.39 bits per heavy atom. The summed E-state index contributed by atoms with van der Waals surface area (Å²) in [6.07, 6.45) is 2.05. The lowest BCUT2D eigenvalue weighted by atomic mass is 10.1. The van der Waals surface area contributed by atoms with Crippen LogP contribution in [0.25, 0.3) is 0 Å². The van der Waals surface area contributed by atoms with Crippen molar-refractivity contribution in [1.29, 1.82) is 0 Å². The minimum Gasteiger partial charge on any atom is -0.490 e. The molecule has 1 N–H and O–H groups in total. The lowest BCUT2D eigenvalue weighted by molar-refractivity contribution is -0.385. The number of benzene rings is 1. The first-order chi connectivity index (χ1) is 8.70. The second kappa shape index (κ2) is 5.68.